The highest BCUT2D eigenvalue weighted by Gasteiger charge is 2.21. The summed E-state index contributed by atoms with van der Waals surface area (Å²) in [5.41, 5.74) is 3.59. The third-order valence-electron chi connectivity index (χ3n) is 3.69. The molecule has 0 bridgehead atoms. The summed E-state index contributed by atoms with van der Waals surface area (Å²) in [7, 11) is 0. The first kappa shape index (κ1) is 19.6. The van der Waals surface area contributed by atoms with Crippen molar-refractivity contribution in [2.45, 2.75) is 52.4 Å². The van der Waals surface area contributed by atoms with Gasteiger partial charge in [0.2, 0.25) is 0 Å². The van der Waals surface area contributed by atoms with Gasteiger partial charge in [0.15, 0.2) is 5.82 Å². The van der Waals surface area contributed by atoms with Crippen LogP contribution < -0.4 is 15.9 Å². The molecule has 1 heterocycles. The molecule has 7 heteroatoms. The number of nitrogens with zero attached hydrogens (tertiary/aromatic N) is 3. The van der Waals surface area contributed by atoms with Crippen LogP contribution in [-0.4, -0.2) is 28.0 Å². The van der Waals surface area contributed by atoms with Gasteiger partial charge < -0.3 is 4.74 Å². The number of H-pyrrole nitrogens is 1. The third-order valence-corrected chi connectivity index (χ3v) is 3.69. The lowest BCUT2D eigenvalue weighted by Gasteiger charge is -2.18. The normalized spacial score (nSPS) is 11.7. The number of rotatable bonds is 8. The summed E-state index contributed by atoms with van der Waals surface area (Å²) < 4.78 is 5.69. The molecule has 7 nitrogen and oxygen atoms in total. The molecule has 0 aliphatic rings. The molecule has 2 N–H and O–H groups in total. The van der Waals surface area contributed by atoms with Gasteiger partial charge in [0.05, 0.1) is 12.8 Å². The Morgan fingerprint density at radius 2 is 1.96 bits per heavy atom. The van der Waals surface area contributed by atoms with Crippen LogP contribution in [0.3, 0.4) is 0 Å². The van der Waals surface area contributed by atoms with Gasteiger partial charge >= 0.3 is 5.69 Å². The average molecular weight is 357 g/mol. The second-order valence-corrected chi connectivity index (χ2v) is 7.08. The van der Waals surface area contributed by atoms with Crippen LogP contribution in [0.4, 0.5) is 5.82 Å². The zero-order valence-corrected chi connectivity index (χ0v) is 15.9. The SMILES string of the molecule is CCCCCOc1ccc(/C=N/Nc2nc(=O)[nH]nc2C(C)(C)C)cc1. The summed E-state index contributed by atoms with van der Waals surface area (Å²) >= 11 is 0. The van der Waals surface area contributed by atoms with Crippen molar-refractivity contribution in [2.75, 3.05) is 12.0 Å². The number of aromatic amines is 1. The van der Waals surface area contributed by atoms with Crippen LogP contribution >= 0.6 is 0 Å². The van der Waals surface area contributed by atoms with Crippen molar-refractivity contribution in [3.8, 4) is 5.75 Å². The van der Waals surface area contributed by atoms with E-state index in [1.165, 1.54) is 12.8 Å². The lowest BCUT2D eigenvalue weighted by Crippen LogP contribution is -2.24. The second kappa shape index (κ2) is 9.12. The van der Waals surface area contributed by atoms with Crippen LogP contribution in [0.2, 0.25) is 0 Å². The van der Waals surface area contributed by atoms with Gasteiger partial charge in [-0.1, -0.05) is 40.5 Å². The van der Waals surface area contributed by atoms with Gasteiger partial charge in [-0.15, -0.1) is 0 Å². The minimum Gasteiger partial charge on any atom is -0.494 e. The number of hydrogen-bond acceptors (Lipinski definition) is 6. The Morgan fingerprint density at radius 3 is 2.62 bits per heavy atom. The predicted octanol–water partition coefficient (Wildman–Crippen LogP) is 3.48. The average Bonchev–Trinajstić information content (AvgIpc) is 2.59. The number of ether oxygens (including phenoxy) is 1. The lowest BCUT2D eigenvalue weighted by molar-refractivity contribution is 0.306. The molecule has 0 amide bonds. The maximum Gasteiger partial charge on any atom is 0.363 e. The molecule has 0 radical (unpaired) electrons. The van der Waals surface area contributed by atoms with Gasteiger partial charge in [0.1, 0.15) is 11.4 Å². The van der Waals surface area contributed by atoms with E-state index in [9.17, 15) is 4.79 Å². The monoisotopic (exact) mass is 357 g/mol. The summed E-state index contributed by atoms with van der Waals surface area (Å²) in [5.74, 6) is 1.20. The number of hydrazone groups is 1. The number of aromatic nitrogens is 3. The van der Waals surface area contributed by atoms with E-state index in [2.05, 4.69) is 32.6 Å². The molecular formula is C19H27N5O2. The zero-order valence-electron chi connectivity index (χ0n) is 15.9. The van der Waals surface area contributed by atoms with E-state index in [0.717, 1.165) is 24.3 Å². The van der Waals surface area contributed by atoms with Gasteiger partial charge in [-0.3, -0.25) is 5.43 Å². The van der Waals surface area contributed by atoms with Crippen molar-refractivity contribution in [1.82, 2.24) is 15.2 Å². The van der Waals surface area contributed by atoms with E-state index in [-0.39, 0.29) is 5.41 Å². The maximum atomic E-state index is 11.4. The number of hydrogen-bond donors (Lipinski definition) is 2. The Morgan fingerprint density at radius 1 is 1.23 bits per heavy atom. The Balaban J connectivity index is 1.98. The summed E-state index contributed by atoms with van der Waals surface area (Å²) in [6, 6.07) is 7.69. The molecule has 140 valence electrons. The Bertz CT molecular complexity index is 776. The van der Waals surface area contributed by atoms with E-state index >= 15 is 0 Å². The number of anilines is 1. The number of benzene rings is 1. The van der Waals surface area contributed by atoms with E-state index in [0.29, 0.717) is 11.5 Å². The molecule has 0 unspecified atom stereocenters. The molecular weight excluding hydrogens is 330 g/mol. The summed E-state index contributed by atoms with van der Waals surface area (Å²) in [6.07, 6.45) is 5.09. The van der Waals surface area contributed by atoms with Crippen molar-refractivity contribution in [1.29, 1.82) is 0 Å². The largest absolute Gasteiger partial charge is 0.494 e. The Labute approximate surface area is 153 Å². The fourth-order valence-electron chi connectivity index (χ4n) is 2.30. The molecule has 0 saturated carbocycles. The van der Waals surface area contributed by atoms with E-state index in [1.54, 1.807) is 6.21 Å². The van der Waals surface area contributed by atoms with E-state index in [4.69, 9.17) is 4.74 Å². The molecule has 2 rings (SSSR count). The summed E-state index contributed by atoms with van der Waals surface area (Å²) in [5, 5.41) is 10.6. The Kier molecular flexibility index (Phi) is 6.89. The third kappa shape index (κ3) is 5.98. The van der Waals surface area contributed by atoms with Crippen molar-refractivity contribution in [3.63, 3.8) is 0 Å². The molecule has 0 atom stereocenters. The fraction of sp³-hybridized carbons (Fsp3) is 0.474. The first-order valence-corrected chi connectivity index (χ1v) is 8.89. The molecule has 0 aliphatic heterocycles. The zero-order chi connectivity index (χ0) is 19.0. The van der Waals surface area contributed by atoms with Crippen LogP contribution in [-0.2, 0) is 5.41 Å². The van der Waals surface area contributed by atoms with Crippen molar-refractivity contribution in [3.05, 3.63) is 46.0 Å². The van der Waals surface area contributed by atoms with E-state index < -0.39 is 5.69 Å². The molecule has 1 aromatic heterocycles. The van der Waals surface area contributed by atoms with Crippen LogP contribution in [0.5, 0.6) is 5.75 Å². The maximum absolute atomic E-state index is 11.4. The highest BCUT2D eigenvalue weighted by Crippen LogP contribution is 2.24. The van der Waals surface area contributed by atoms with Crippen LogP contribution in [0.15, 0.2) is 34.2 Å². The minimum absolute atomic E-state index is 0.272. The molecule has 0 saturated heterocycles. The van der Waals surface area contributed by atoms with Crippen LogP contribution in [0, 0.1) is 0 Å². The van der Waals surface area contributed by atoms with Crippen molar-refractivity contribution in [2.24, 2.45) is 5.10 Å². The van der Waals surface area contributed by atoms with Gasteiger partial charge in [-0.05, 0) is 36.2 Å². The topological polar surface area (TPSA) is 92.3 Å². The van der Waals surface area contributed by atoms with Gasteiger partial charge in [0, 0.05) is 5.41 Å². The molecule has 2 aromatic rings. The predicted molar refractivity (Wildman–Crippen MR) is 104 cm³/mol. The minimum atomic E-state index is -0.514. The molecule has 0 spiro atoms. The van der Waals surface area contributed by atoms with Crippen molar-refractivity contribution >= 4 is 12.0 Å². The first-order chi connectivity index (χ1) is 12.4. The van der Waals surface area contributed by atoms with Gasteiger partial charge in [0.25, 0.3) is 0 Å². The fourth-order valence-corrected chi connectivity index (χ4v) is 2.30. The van der Waals surface area contributed by atoms with Crippen LogP contribution in [0.25, 0.3) is 0 Å². The van der Waals surface area contributed by atoms with Gasteiger partial charge in [-0.25, -0.2) is 9.89 Å². The Hall–Kier alpha value is -2.70. The van der Waals surface area contributed by atoms with Crippen molar-refractivity contribution < 1.29 is 4.74 Å². The second-order valence-electron chi connectivity index (χ2n) is 7.08. The van der Waals surface area contributed by atoms with E-state index in [1.807, 2.05) is 45.0 Å². The standard InChI is InChI=1S/C19H27N5O2/c1-5-6-7-12-26-15-10-8-14(9-11-15)13-20-23-17-16(19(2,3)4)22-24-18(25)21-17/h8-11,13H,5-7,12H2,1-4H3,(H2,21,23,24,25)/b20-13+. The van der Waals surface area contributed by atoms with Crippen LogP contribution in [0.1, 0.15) is 58.2 Å². The highest BCUT2D eigenvalue weighted by molar-refractivity contribution is 5.80. The smallest absolute Gasteiger partial charge is 0.363 e. The lowest BCUT2D eigenvalue weighted by atomic mass is 9.92. The number of nitrogens with one attached hydrogen (secondary N) is 2. The molecule has 0 fully saturated rings. The molecule has 26 heavy (non-hydrogen) atoms. The number of unbranched alkanes of at least 4 members (excludes halogenated alkanes) is 2. The summed E-state index contributed by atoms with van der Waals surface area (Å²) in [4.78, 5) is 15.3. The molecule has 1 aromatic carbocycles. The summed E-state index contributed by atoms with van der Waals surface area (Å²) in [6.45, 7) is 8.87. The van der Waals surface area contributed by atoms with Gasteiger partial charge in [-0.2, -0.15) is 15.2 Å². The quantitative estimate of drug-likeness (QED) is 0.429. The highest BCUT2D eigenvalue weighted by atomic mass is 16.5. The molecule has 0 aliphatic carbocycles. The first-order valence-electron chi connectivity index (χ1n) is 8.89.